The molecule has 0 aromatic heterocycles. The van der Waals surface area contributed by atoms with E-state index in [0.29, 0.717) is 6.54 Å². The molecule has 1 heterocycles. The molecule has 0 spiro atoms. The minimum Gasteiger partial charge on any atom is -0.339 e. The van der Waals surface area contributed by atoms with Crippen molar-refractivity contribution in [1.29, 1.82) is 0 Å². The average Bonchev–Trinajstić information content (AvgIpc) is 2.32. The van der Waals surface area contributed by atoms with Crippen LogP contribution >= 0.6 is 0 Å². The summed E-state index contributed by atoms with van der Waals surface area (Å²) in [4.78, 5) is 0. The molecule has 11 heavy (non-hydrogen) atoms. The van der Waals surface area contributed by atoms with E-state index in [1.165, 1.54) is 6.08 Å². The van der Waals surface area contributed by atoms with Crippen LogP contribution in [-0.2, 0) is 14.9 Å². The molecule has 1 saturated heterocycles. The van der Waals surface area contributed by atoms with Gasteiger partial charge in [-0.15, -0.1) is 6.58 Å². The summed E-state index contributed by atoms with van der Waals surface area (Å²) in [6, 6.07) is 0. The average molecular weight is 179 g/mol. The van der Waals surface area contributed by atoms with E-state index in [2.05, 4.69) is 11.9 Å². The molecule has 0 saturated carbocycles. The third-order valence-electron chi connectivity index (χ3n) is 1.32. The van der Waals surface area contributed by atoms with Crippen molar-refractivity contribution < 1.29 is 17.7 Å². The lowest BCUT2D eigenvalue weighted by Crippen LogP contribution is -2.31. The SMILES string of the molecule is C=CC1CNC(S(=O)(=O)O)O1. The minimum absolute atomic E-state index is 0.345. The Kier molecular flexibility index (Phi) is 2.28. The van der Waals surface area contributed by atoms with E-state index in [-0.39, 0.29) is 6.10 Å². The van der Waals surface area contributed by atoms with Gasteiger partial charge in [-0.3, -0.25) is 9.87 Å². The van der Waals surface area contributed by atoms with Crippen LogP contribution < -0.4 is 5.32 Å². The zero-order valence-corrected chi connectivity index (χ0v) is 6.54. The molecule has 2 atom stereocenters. The fourth-order valence-electron chi connectivity index (χ4n) is 0.782. The number of hydrogen-bond acceptors (Lipinski definition) is 4. The predicted molar refractivity (Wildman–Crippen MR) is 38.4 cm³/mol. The molecular formula is C5H9NO4S. The van der Waals surface area contributed by atoms with E-state index >= 15 is 0 Å². The molecule has 2 unspecified atom stereocenters. The van der Waals surface area contributed by atoms with Gasteiger partial charge in [-0.05, 0) is 0 Å². The molecule has 0 aromatic rings. The topological polar surface area (TPSA) is 75.6 Å². The van der Waals surface area contributed by atoms with Crippen LogP contribution in [0, 0.1) is 0 Å². The van der Waals surface area contributed by atoms with E-state index in [1.807, 2.05) is 0 Å². The van der Waals surface area contributed by atoms with Crippen LogP contribution in [0.5, 0.6) is 0 Å². The van der Waals surface area contributed by atoms with Gasteiger partial charge >= 0.3 is 10.1 Å². The molecule has 0 aromatic carbocycles. The maximum atomic E-state index is 10.4. The molecular weight excluding hydrogens is 170 g/mol. The highest BCUT2D eigenvalue weighted by Gasteiger charge is 2.31. The third-order valence-corrected chi connectivity index (χ3v) is 2.14. The summed E-state index contributed by atoms with van der Waals surface area (Å²) in [7, 11) is -4.13. The normalized spacial score (nSPS) is 32.1. The van der Waals surface area contributed by atoms with Crippen molar-refractivity contribution in [3.8, 4) is 0 Å². The molecule has 2 N–H and O–H groups in total. The lowest BCUT2D eigenvalue weighted by molar-refractivity contribution is 0.110. The maximum Gasteiger partial charge on any atom is 0.306 e. The molecule has 0 bridgehead atoms. The van der Waals surface area contributed by atoms with Crippen LogP contribution in [-0.4, -0.2) is 31.2 Å². The van der Waals surface area contributed by atoms with Gasteiger partial charge in [0, 0.05) is 6.54 Å². The van der Waals surface area contributed by atoms with Gasteiger partial charge in [-0.1, -0.05) is 6.08 Å². The van der Waals surface area contributed by atoms with Crippen LogP contribution in [0.2, 0.25) is 0 Å². The van der Waals surface area contributed by atoms with Gasteiger partial charge in [0.15, 0.2) is 0 Å². The predicted octanol–water partition coefficient (Wildman–Crippen LogP) is -0.668. The van der Waals surface area contributed by atoms with Crippen molar-refractivity contribution >= 4 is 10.1 Å². The van der Waals surface area contributed by atoms with Crippen molar-refractivity contribution in [2.24, 2.45) is 0 Å². The monoisotopic (exact) mass is 179 g/mol. The van der Waals surface area contributed by atoms with Gasteiger partial charge in [-0.25, -0.2) is 0 Å². The number of hydrogen-bond donors (Lipinski definition) is 2. The fourth-order valence-corrected chi connectivity index (χ4v) is 1.37. The summed E-state index contributed by atoms with van der Waals surface area (Å²) in [5, 5.41) is 2.47. The van der Waals surface area contributed by atoms with Gasteiger partial charge in [-0.2, -0.15) is 8.42 Å². The first-order valence-corrected chi connectivity index (χ1v) is 4.52. The van der Waals surface area contributed by atoms with Gasteiger partial charge in [0.25, 0.3) is 0 Å². The highest BCUT2D eigenvalue weighted by atomic mass is 32.2. The molecule has 1 fully saturated rings. The summed E-state index contributed by atoms with van der Waals surface area (Å²) in [6.45, 7) is 3.77. The lowest BCUT2D eigenvalue weighted by atomic mass is 10.4. The van der Waals surface area contributed by atoms with E-state index in [9.17, 15) is 8.42 Å². The molecule has 1 aliphatic heterocycles. The first-order valence-electron chi connectivity index (χ1n) is 3.02. The van der Waals surface area contributed by atoms with Crippen molar-refractivity contribution in [3.63, 3.8) is 0 Å². The minimum atomic E-state index is -4.13. The third kappa shape index (κ3) is 2.00. The molecule has 0 amide bonds. The Balaban J connectivity index is 2.62. The van der Waals surface area contributed by atoms with Crippen molar-refractivity contribution in [2.45, 2.75) is 11.7 Å². The summed E-state index contributed by atoms with van der Waals surface area (Å²) in [5.74, 6) is 0. The first kappa shape index (κ1) is 8.66. The van der Waals surface area contributed by atoms with Crippen LogP contribution in [0.4, 0.5) is 0 Å². The summed E-state index contributed by atoms with van der Waals surface area (Å²) < 4.78 is 34.1. The van der Waals surface area contributed by atoms with Crippen molar-refractivity contribution in [3.05, 3.63) is 12.7 Å². The second-order valence-corrected chi connectivity index (χ2v) is 3.62. The second kappa shape index (κ2) is 2.90. The molecule has 1 aliphatic rings. The Labute approximate surface area is 64.8 Å². The van der Waals surface area contributed by atoms with E-state index < -0.39 is 15.7 Å². The van der Waals surface area contributed by atoms with Gasteiger partial charge in [0.2, 0.25) is 5.56 Å². The molecule has 5 nitrogen and oxygen atoms in total. The van der Waals surface area contributed by atoms with Crippen LogP contribution in [0.15, 0.2) is 12.7 Å². The van der Waals surface area contributed by atoms with Gasteiger partial charge in [0.05, 0.1) is 6.10 Å². The van der Waals surface area contributed by atoms with Crippen molar-refractivity contribution in [2.75, 3.05) is 6.54 Å². The Bertz CT molecular complexity index is 247. The van der Waals surface area contributed by atoms with E-state index in [0.717, 1.165) is 0 Å². The van der Waals surface area contributed by atoms with E-state index in [4.69, 9.17) is 9.29 Å². The van der Waals surface area contributed by atoms with E-state index in [1.54, 1.807) is 0 Å². The fraction of sp³-hybridized carbons (Fsp3) is 0.600. The Morgan fingerprint density at radius 1 is 1.73 bits per heavy atom. The van der Waals surface area contributed by atoms with Gasteiger partial charge in [0.1, 0.15) is 0 Å². The number of ether oxygens (including phenoxy) is 1. The standard InChI is InChI=1S/C5H9NO4S/c1-2-4-3-6-5(10-4)11(7,8)9/h2,4-6H,1,3H2,(H,7,8,9). The Hall–Kier alpha value is -0.430. The van der Waals surface area contributed by atoms with Crippen LogP contribution in [0.1, 0.15) is 0 Å². The number of nitrogens with one attached hydrogen (secondary N) is 1. The smallest absolute Gasteiger partial charge is 0.306 e. The van der Waals surface area contributed by atoms with Crippen molar-refractivity contribution in [1.82, 2.24) is 5.32 Å². The first-order chi connectivity index (χ1) is 5.04. The largest absolute Gasteiger partial charge is 0.339 e. The molecule has 64 valence electrons. The number of rotatable bonds is 2. The summed E-state index contributed by atoms with van der Waals surface area (Å²) >= 11 is 0. The zero-order chi connectivity index (χ0) is 8.48. The lowest BCUT2D eigenvalue weighted by Gasteiger charge is -2.05. The molecule has 0 aliphatic carbocycles. The highest BCUT2D eigenvalue weighted by molar-refractivity contribution is 7.86. The Morgan fingerprint density at radius 3 is 2.64 bits per heavy atom. The summed E-state index contributed by atoms with van der Waals surface area (Å²) in [6.07, 6.45) is 1.12. The maximum absolute atomic E-state index is 10.4. The quantitative estimate of drug-likeness (QED) is 0.434. The second-order valence-electron chi connectivity index (χ2n) is 2.17. The Morgan fingerprint density at radius 2 is 2.36 bits per heavy atom. The highest BCUT2D eigenvalue weighted by Crippen LogP contribution is 2.09. The van der Waals surface area contributed by atoms with Gasteiger partial charge < -0.3 is 4.74 Å². The molecule has 1 rings (SSSR count). The molecule has 6 heteroatoms. The summed E-state index contributed by atoms with van der Waals surface area (Å²) in [5.41, 5.74) is -1.30. The molecule has 0 radical (unpaired) electrons. The zero-order valence-electron chi connectivity index (χ0n) is 5.73. The van der Waals surface area contributed by atoms with Crippen LogP contribution in [0.3, 0.4) is 0 Å². The van der Waals surface area contributed by atoms with Crippen LogP contribution in [0.25, 0.3) is 0 Å².